The monoisotopic (exact) mass is 305 g/mol. The van der Waals surface area contributed by atoms with Crippen LogP contribution in [0.1, 0.15) is 43.0 Å². The summed E-state index contributed by atoms with van der Waals surface area (Å²) in [5, 5.41) is 3.96. The van der Waals surface area contributed by atoms with Gasteiger partial charge in [0.1, 0.15) is 5.82 Å². The quantitative estimate of drug-likeness (QED) is 0.780. The predicted octanol–water partition coefficient (Wildman–Crippen LogP) is 5.13. The smallest absolute Gasteiger partial charge is 0.128 e. The minimum atomic E-state index is -0.229. The summed E-state index contributed by atoms with van der Waals surface area (Å²) in [5.74, 6) is -0.229. The van der Waals surface area contributed by atoms with Gasteiger partial charge in [-0.1, -0.05) is 49.7 Å². The third-order valence-electron chi connectivity index (χ3n) is 3.59. The summed E-state index contributed by atoms with van der Waals surface area (Å²) >= 11 is 6.04. The fourth-order valence-corrected chi connectivity index (χ4v) is 2.56. The Kier molecular flexibility index (Phi) is 5.77. The van der Waals surface area contributed by atoms with E-state index < -0.39 is 0 Å². The molecule has 0 fully saturated rings. The van der Waals surface area contributed by atoms with E-state index in [2.05, 4.69) is 43.4 Å². The Bertz CT molecular complexity index is 580. The van der Waals surface area contributed by atoms with Crippen LogP contribution >= 0.6 is 11.6 Å². The maximum atomic E-state index is 14.2. The summed E-state index contributed by atoms with van der Waals surface area (Å²) < 4.78 is 14.2. The summed E-state index contributed by atoms with van der Waals surface area (Å²) in [5.41, 5.74) is 2.93. The molecule has 0 aliphatic carbocycles. The van der Waals surface area contributed by atoms with Gasteiger partial charge >= 0.3 is 0 Å². The van der Waals surface area contributed by atoms with Gasteiger partial charge in [-0.3, -0.25) is 0 Å². The van der Waals surface area contributed by atoms with Gasteiger partial charge in [-0.25, -0.2) is 4.39 Å². The number of benzene rings is 2. The van der Waals surface area contributed by atoms with E-state index in [1.165, 1.54) is 11.6 Å². The van der Waals surface area contributed by atoms with E-state index in [4.69, 9.17) is 11.6 Å². The highest BCUT2D eigenvalue weighted by Gasteiger charge is 2.17. The van der Waals surface area contributed by atoms with Crippen molar-refractivity contribution in [2.75, 3.05) is 6.54 Å². The van der Waals surface area contributed by atoms with Crippen molar-refractivity contribution in [2.24, 2.45) is 0 Å². The Hall–Kier alpha value is -1.38. The second-order valence-corrected chi connectivity index (χ2v) is 5.58. The third-order valence-corrected chi connectivity index (χ3v) is 3.82. The van der Waals surface area contributed by atoms with E-state index >= 15 is 0 Å². The lowest BCUT2D eigenvalue weighted by atomic mass is 9.96. The van der Waals surface area contributed by atoms with Crippen LogP contribution in [0.15, 0.2) is 42.5 Å². The first-order valence-corrected chi connectivity index (χ1v) is 7.80. The molecule has 1 unspecified atom stereocenters. The van der Waals surface area contributed by atoms with Crippen molar-refractivity contribution < 1.29 is 4.39 Å². The van der Waals surface area contributed by atoms with E-state index in [1.54, 1.807) is 12.1 Å². The highest BCUT2D eigenvalue weighted by molar-refractivity contribution is 6.30. The molecule has 2 rings (SSSR count). The van der Waals surface area contributed by atoms with Crippen LogP contribution in [-0.2, 0) is 6.42 Å². The molecule has 3 heteroatoms. The zero-order chi connectivity index (χ0) is 15.2. The average Bonchev–Trinajstić information content (AvgIpc) is 2.51. The van der Waals surface area contributed by atoms with Gasteiger partial charge in [0.15, 0.2) is 0 Å². The molecule has 2 aromatic carbocycles. The average molecular weight is 306 g/mol. The summed E-state index contributed by atoms with van der Waals surface area (Å²) in [6.07, 6.45) is 1.99. The van der Waals surface area contributed by atoms with Crippen LogP contribution in [0.3, 0.4) is 0 Å². The Balaban J connectivity index is 2.38. The van der Waals surface area contributed by atoms with Gasteiger partial charge in [0.25, 0.3) is 0 Å². The topological polar surface area (TPSA) is 12.0 Å². The number of aryl methyl sites for hydroxylation is 1. The molecule has 21 heavy (non-hydrogen) atoms. The highest BCUT2D eigenvalue weighted by atomic mass is 35.5. The zero-order valence-corrected chi connectivity index (χ0v) is 13.3. The molecule has 0 aliphatic heterocycles. The Morgan fingerprint density at radius 1 is 1.10 bits per heavy atom. The van der Waals surface area contributed by atoms with Crippen molar-refractivity contribution in [3.63, 3.8) is 0 Å². The summed E-state index contributed by atoms with van der Waals surface area (Å²) in [4.78, 5) is 0. The van der Waals surface area contributed by atoms with Crippen molar-refractivity contribution in [3.8, 4) is 0 Å². The largest absolute Gasteiger partial charge is 0.306 e. The second kappa shape index (κ2) is 7.58. The fraction of sp³-hybridized carbons (Fsp3) is 0.333. The van der Waals surface area contributed by atoms with Crippen LogP contribution < -0.4 is 5.32 Å². The molecule has 1 atom stereocenters. The van der Waals surface area contributed by atoms with Gasteiger partial charge < -0.3 is 5.32 Å². The maximum Gasteiger partial charge on any atom is 0.128 e. The molecule has 0 spiro atoms. The number of nitrogens with one attached hydrogen (secondary N) is 1. The Morgan fingerprint density at radius 3 is 2.43 bits per heavy atom. The van der Waals surface area contributed by atoms with Crippen molar-refractivity contribution in [1.29, 1.82) is 0 Å². The highest BCUT2D eigenvalue weighted by Crippen LogP contribution is 2.27. The molecule has 112 valence electrons. The maximum absolute atomic E-state index is 14.2. The second-order valence-electron chi connectivity index (χ2n) is 5.15. The van der Waals surface area contributed by atoms with Crippen LogP contribution in [0.5, 0.6) is 0 Å². The van der Waals surface area contributed by atoms with Gasteiger partial charge in [-0.05, 0) is 48.7 Å². The lowest BCUT2D eigenvalue weighted by Crippen LogP contribution is -2.24. The van der Waals surface area contributed by atoms with Crippen LogP contribution in [0.4, 0.5) is 4.39 Å². The molecule has 1 N–H and O–H groups in total. The van der Waals surface area contributed by atoms with Gasteiger partial charge in [0.2, 0.25) is 0 Å². The van der Waals surface area contributed by atoms with E-state index in [1.807, 2.05) is 0 Å². The normalized spacial score (nSPS) is 12.4. The molecule has 0 aromatic heterocycles. The van der Waals surface area contributed by atoms with Gasteiger partial charge in [-0.15, -0.1) is 0 Å². The molecule has 0 saturated carbocycles. The minimum absolute atomic E-state index is 0.172. The SMILES string of the molecule is CCCNC(c1ccc(CC)cc1)c1cc(Cl)ccc1F. The summed E-state index contributed by atoms with van der Waals surface area (Å²) in [6.45, 7) is 5.04. The Morgan fingerprint density at radius 2 is 1.81 bits per heavy atom. The van der Waals surface area contributed by atoms with E-state index in [0.717, 1.165) is 24.9 Å². The zero-order valence-electron chi connectivity index (χ0n) is 12.5. The number of halogens is 2. The van der Waals surface area contributed by atoms with Gasteiger partial charge in [0.05, 0.1) is 6.04 Å². The van der Waals surface area contributed by atoms with Crippen LogP contribution in [0.2, 0.25) is 5.02 Å². The Labute approximate surface area is 131 Å². The molecule has 1 nitrogen and oxygen atoms in total. The lowest BCUT2D eigenvalue weighted by Gasteiger charge is -2.21. The number of hydrogen-bond donors (Lipinski definition) is 1. The number of rotatable bonds is 6. The molecular weight excluding hydrogens is 285 g/mol. The van der Waals surface area contributed by atoms with Gasteiger partial charge in [0, 0.05) is 10.6 Å². The van der Waals surface area contributed by atoms with Crippen molar-refractivity contribution >= 4 is 11.6 Å². The van der Waals surface area contributed by atoms with E-state index in [9.17, 15) is 4.39 Å². The molecule has 0 heterocycles. The van der Waals surface area contributed by atoms with Crippen LogP contribution in [-0.4, -0.2) is 6.54 Å². The molecule has 0 aliphatic rings. The molecular formula is C18H21ClFN. The third kappa shape index (κ3) is 4.05. The van der Waals surface area contributed by atoms with E-state index in [0.29, 0.717) is 10.6 Å². The first kappa shape index (κ1) is 16.0. The van der Waals surface area contributed by atoms with Crippen LogP contribution in [0.25, 0.3) is 0 Å². The molecule has 0 amide bonds. The first-order valence-electron chi connectivity index (χ1n) is 7.42. The minimum Gasteiger partial charge on any atom is -0.306 e. The molecule has 0 saturated heterocycles. The van der Waals surface area contributed by atoms with Crippen molar-refractivity contribution in [1.82, 2.24) is 5.32 Å². The van der Waals surface area contributed by atoms with Crippen molar-refractivity contribution in [3.05, 3.63) is 70.0 Å². The molecule has 2 aromatic rings. The summed E-state index contributed by atoms with van der Waals surface area (Å²) in [7, 11) is 0. The van der Waals surface area contributed by atoms with Crippen molar-refractivity contribution in [2.45, 2.75) is 32.7 Å². The predicted molar refractivity (Wildman–Crippen MR) is 87.4 cm³/mol. The summed E-state index contributed by atoms with van der Waals surface area (Å²) in [6, 6.07) is 12.9. The molecule has 0 bridgehead atoms. The van der Waals surface area contributed by atoms with Gasteiger partial charge in [-0.2, -0.15) is 0 Å². The lowest BCUT2D eigenvalue weighted by molar-refractivity contribution is 0.546. The van der Waals surface area contributed by atoms with Crippen LogP contribution in [0, 0.1) is 5.82 Å². The standard InChI is InChI=1S/C18H21ClFN/c1-3-11-21-18(14-7-5-13(4-2)6-8-14)16-12-15(19)9-10-17(16)20/h5-10,12,18,21H,3-4,11H2,1-2H3. The number of hydrogen-bond acceptors (Lipinski definition) is 1. The first-order chi connectivity index (χ1) is 10.2. The molecule has 0 radical (unpaired) electrons. The fourth-order valence-electron chi connectivity index (χ4n) is 2.38. The van der Waals surface area contributed by atoms with E-state index in [-0.39, 0.29) is 11.9 Å².